The fourth-order valence-electron chi connectivity index (χ4n) is 6.17. The second-order valence-corrected chi connectivity index (χ2v) is 10.9. The van der Waals surface area contributed by atoms with Crippen LogP contribution in [0.1, 0.15) is 69.8 Å². The van der Waals surface area contributed by atoms with E-state index in [9.17, 15) is 9.18 Å². The molecule has 4 nitrogen and oxygen atoms in total. The molecule has 2 saturated carbocycles. The normalized spacial score (nSPS) is 24.1. The van der Waals surface area contributed by atoms with Crippen molar-refractivity contribution < 1.29 is 9.18 Å². The van der Waals surface area contributed by atoms with Gasteiger partial charge >= 0.3 is 0 Å². The first-order valence-electron chi connectivity index (χ1n) is 12.6. The number of hydrogen-bond acceptors (Lipinski definition) is 3. The van der Waals surface area contributed by atoms with Crippen LogP contribution in [0.25, 0.3) is 0 Å². The number of hydrogen-bond donors (Lipinski definition) is 3. The van der Waals surface area contributed by atoms with Gasteiger partial charge in [0.15, 0.2) is 0 Å². The van der Waals surface area contributed by atoms with Gasteiger partial charge < -0.3 is 16.0 Å². The second-order valence-electron chi connectivity index (χ2n) is 10.1. The van der Waals surface area contributed by atoms with Crippen LogP contribution in [0.4, 0.5) is 15.8 Å². The van der Waals surface area contributed by atoms with Crippen LogP contribution in [-0.2, 0) is 10.5 Å². The van der Waals surface area contributed by atoms with Gasteiger partial charge in [0.25, 0.3) is 0 Å². The number of halogens is 3. The van der Waals surface area contributed by atoms with Crippen LogP contribution in [0.15, 0.2) is 36.4 Å². The Morgan fingerprint density at radius 3 is 2.15 bits per heavy atom. The molecule has 0 radical (unpaired) electrons. The predicted molar refractivity (Wildman–Crippen MR) is 137 cm³/mol. The summed E-state index contributed by atoms with van der Waals surface area (Å²) in [5.41, 5.74) is 1.29. The first-order chi connectivity index (χ1) is 16.5. The topological polar surface area (TPSA) is 53.2 Å². The van der Waals surface area contributed by atoms with Gasteiger partial charge in [-0.1, -0.05) is 73.9 Å². The van der Waals surface area contributed by atoms with Gasteiger partial charge in [-0.05, 0) is 55.4 Å². The zero-order valence-corrected chi connectivity index (χ0v) is 20.8. The minimum atomic E-state index is -0.926. The number of anilines is 2. The van der Waals surface area contributed by atoms with Crippen LogP contribution in [0.5, 0.6) is 0 Å². The van der Waals surface area contributed by atoms with E-state index in [0.29, 0.717) is 16.4 Å². The second kappa shape index (κ2) is 9.94. The van der Waals surface area contributed by atoms with Gasteiger partial charge in [0.2, 0.25) is 5.91 Å². The molecule has 2 fully saturated rings. The average Bonchev–Trinajstić information content (AvgIpc) is 3.19. The molecule has 1 amide bonds. The summed E-state index contributed by atoms with van der Waals surface area (Å²) < 4.78 is 14.4. The third kappa shape index (κ3) is 4.61. The highest BCUT2D eigenvalue weighted by atomic mass is 35.5. The highest BCUT2D eigenvalue weighted by Gasteiger charge is 2.52. The summed E-state index contributed by atoms with van der Waals surface area (Å²) in [6.07, 6.45) is 11.0. The van der Waals surface area contributed by atoms with E-state index in [-0.39, 0.29) is 28.8 Å². The van der Waals surface area contributed by atoms with Crippen molar-refractivity contribution in [3.05, 3.63) is 57.8 Å². The summed E-state index contributed by atoms with van der Waals surface area (Å²) in [6, 6.07) is 10.8. The molecular formula is C27H32Cl2FN3O. The van der Waals surface area contributed by atoms with Crippen molar-refractivity contribution >= 4 is 40.5 Å². The molecule has 1 heterocycles. The minimum absolute atomic E-state index is 0.0563. The van der Waals surface area contributed by atoms with Gasteiger partial charge in [-0.3, -0.25) is 4.79 Å². The van der Waals surface area contributed by atoms with Crippen molar-refractivity contribution in [2.24, 2.45) is 11.8 Å². The van der Waals surface area contributed by atoms with Gasteiger partial charge in [-0.25, -0.2) is 4.39 Å². The van der Waals surface area contributed by atoms with Crippen LogP contribution >= 0.6 is 23.2 Å². The smallest absolute Gasteiger partial charge is 0.228 e. The van der Waals surface area contributed by atoms with E-state index in [0.717, 1.165) is 56.9 Å². The lowest BCUT2D eigenvalue weighted by Gasteiger charge is -2.44. The maximum Gasteiger partial charge on any atom is 0.228 e. The molecule has 0 saturated heterocycles. The maximum absolute atomic E-state index is 14.4. The van der Waals surface area contributed by atoms with Gasteiger partial charge in [0.1, 0.15) is 11.5 Å². The molecule has 3 N–H and O–H groups in total. The van der Waals surface area contributed by atoms with Gasteiger partial charge in [-0.2, -0.15) is 0 Å². The lowest BCUT2D eigenvalue weighted by Crippen LogP contribution is -2.56. The molecule has 2 aliphatic carbocycles. The first kappa shape index (κ1) is 23.7. The van der Waals surface area contributed by atoms with E-state index in [1.54, 1.807) is 6.07 Å². The molecular weight excluding hydrogens is 472 g/mol. The molecule has 34 heavy (non-hydrogen) atoms. The Bertz CT molecular complexity index is 1000. The molecule has 182 valence electrons. The van der Waals surface area contributed by atoms with E-state index in [1.165, 1.54) is 18.9 Å². The standard InChI is InChI=1S/C27H32Cl2FN3O/c28-19-13-11-18(12-14-19)27(32-23-15-21(29)22(30)16-24(23)33-27)25(17-7-3-1-4-8-17)26(34)31-20-9-5-2-6-10-20/h11-17,20,25,32-33H,1-10H2,(H,31,34). The van der Waals surface area contributed by atoms with E-state index >= 15 is 0 Å². The highest BCUT2D eigenvalue weighted by Crippen LogP contribution is 2.50. The number of rotatable bonds is 5. The van der Waals surface area contributed by atoms with Crippen LogP contribution in [0.3, 0.4) is 0 Å². The number of nitrogens with one attached hydrogen (secondary N) is 3. The van der Waals surface area contributed by atoms with Crippen molar-refractivity contribution in [3.63, 3.8) is 0 Å². The number of carbonyl (C=O) groups excluding carboxylic acids is 1. The molecule has 2 atom stereocenters. The summed E-state index contributed by atoms with van der Waals surface area (Å²) in [6.45, 7) is 0. The van der Waals surface area contributed by atoms with Crippen molar-refractivity contribution in [3.8, 4) is 0 Å². The number of fused-ring (bicyclic) bond motifs is 1. The summed E-state index contributed by atoms with van der Waals surface area (Å²) in [7, 11) is 0. The van der Waals surface area contributed by atoms with Crippen LogP contribution in [0.2, 0.25) is 10.0 Å². The molecule has 0 bridgehead atoms. The Morgan fingerprint density at radius 2 is 1.50 bits per heavy atom. The molecule has 2 aromatic carbocycles. The fraction of sp³-hybridized carbons (Fsp3) is 0.519. The first-order valence-corrected chi connectivity index (χ1v) is 13.3. The lowest BCUT2D eigenvalue weighted by atomic mass is 9.71. The van der Waals surface area contributed by atoms with Crippen LogP contribution < -0.4 is 16.0 Å². The largest absolute Gasteiger partial charge is 0.357 e. The number of benzene rings is 2. The zero-order valence-electron chi connectivity index (χ0n) is 19.3. The predicted octanol–water partition coefficient (Wildman–Crippen LogP) is 7.47. The molecule has 1 aliphatic heterocycles. The molecule has 0 spiro atoms. The monoisotopic (exact) mass is 503 g/mol. The number of amides is 1. The Morgan fingerprint density at radius 1 is 0.912 bits per heavy atom. The Labute approximate surface area is 211 Å². The van der Waals surface area contributed by atoms with E-state index in [1.807, 2.05) is 24.3 Å². The molecule has 0 aromatic heterocycles. The van der Waals surface area contributed by atoms with Crippen LogP contribution in [0, 0.1) is 17.7 Å². The summed E-state index contributed by atoms with van der Waals surface area (Å²) in [5.74, 6) is -0.608. The molecule has 5 rings (SSSR count). The van der Waals surface area contributed by atoms with Gasteiger partial charge in [0, 0.05) is 17.1 Å². The quantitative estimate of drug-likeness (QED) is 0.396. The summed E-state index contributed by atoms with van der Waals surface area (Å²) in [4.78, 5) is 14.1. The molecule has 2 aromatic rings. The SMILES string of the molecule is O=C(NC1CCCCC1)C(C1CCCCC1)C1(c2ccc(Cl)cc2)Nc2cc(F)c(Cl)cc2N1. The third-order valence-electron chi connectivity index (χ3n) is 7.85. The summed E-state index contributed by atoms with van der Waals surface area (Å²) >= 11 is 12.4. The number of carbonyl (C=O) groups is 1. The Hall–Kier alpha value is -1.98. The Balaban J connectivity index is 1.58. The van der Waals surface area contributed by atoms with Crippen molar-refractivity contribution in [2.75, 3.05) is 10.6 Å². The van der Waals surface area contributed by atoms with Crippen molar-refractivity contribution in [1.82, 2.24) is 5.32 Å². The van der Waals surface area contributed by atoms with E-state index < -0.39 is 11.5 Å². The van der Waals surface area contributed by atoms with Gasteiger partial charge in [0.05, 0.1) is 22.3 Å². The minimum Gasteiger partial charge on any atom is -0.357 e. The fourth-order valence-corrected chi connectivity index (χ4v) is 6.46. The molecule has 3 aliphatic rings. The molecule has 2 unspecified atom stereocenters. The highest BCUT2D eigenvalue weighted by molar-refractivity contribution is 6.31. The van der Waals surface area contributed by atoms with E-state index in [4.69, 9.17) is 23.2 Å². The molecule has 7 heteroatoms. The maximum atomic E-state index is 14.4. The van der Waals surface area contributed by atoms with Crippen molar-refractivity contribution in [1.29, 1.82) is 0 Å². The third-order valence-corrected chi connectivity index (χ3v) is 8.39. The van der Waals surface area contributed by atoms with Crippen LogP contribution in [-0.4, -0.2) is 11.9 Å². The lowest BCUT2D eigenvalue weighted by molar-refractivity contribution is -0.130. The Kier molecular flexibility index (Phi) is 6.95. The average molecular weight is 504 g/mol. The van der Waals surface area contributed by atoms with Crippen molar-refractivity contribution in [2.45, 2.75) is 75.9 Å². The summed E-state index contributed by atoms with van der Waals surface area (Å²) in [5, 5.41) is 11.2. The van der Waals surface area contributed by atoms with Gasteiger partial charge in [-0.15, -0.1) is 0 Å². The van der Waals surface area contributed by atoms with E-state index in [2.05, 4.69) is 16.0 Å². The zero-order chi connectivity index (χ0) is 23.7.